The second kappa shape index (κ2) is 13.5. The smallest absolute Gasteiger partial charge is 0.274 e. The number of nitrogens with zero attached hydrogens (tertiary/aromatic N) is 7. The maximum atomic E-state index is 11.0. The molecule has 0 bridgehead atoms. The van der Waals surface area contributed by atoms with Gasteiger partial charge >= 0.3 is 0 Å². The number of aryl methyl sites for hydroxylation is 5. The molecular formula is C31H29N9O3S2. The molecule has 0 atom stereocenters. The van der Waals surface area contributed by atoms with Crippen molar-refractivity contribution in [1.29, 1.82) is 0 Å². The van der Waals surface area contributed by atoms with Crippen LogP contribution < -0.4 is 10.6 Å². The number of hydrogen-bond donors (Lipinski definition) is 3. The molecule has 4 heterocycles. The quantitative estimate of drug-likeness (QED) is 0.0885. The number of phenolic OH excluding ortho intramolecular Hbond substituents is 1. The lowest BCUT2D eigenvalue weighted by Gasteiger charge is -2.06. The predicted octanol–water partition coefficient (Wildman–Crippen LogP) is 7.84. The van der Waals surface area contributed by atoms with Crippen molar-refractivity contribution < 1.29 is 10.0 Å². The van der Waals surface area contributed by atoms with Gasteiger partial charge in [-0.2, -0.15) is 0 Å². The van der Waals surface area contributed by atoms with Crippen LogP contribution >= 0.6 is 22.7 Å². The van der Waals surface area contributed by atoms with Crippen molar-refractivity contribution in [2.75, 3.05) is 10.6 Å². The van der Waals surface area contributed by atoms with E-state index in [1.165, 1.54) is 10.9 Å². The highest BCUT2D eigenvalue weighted by Crippen LogP contribution is 2.29. The first-order valence-electron chi connectivity index (χ1n) is 13.7. The van der Waals surface area contributed by atoms with Gasteiger partial charge in [0.2, 0.25) is 11.9 Å². The van der Waals surface area contributed by atoms with Gasteiger partial charge < -0.3 is 15.7 Å². The van der Waals surface area contributed by atoms with Crippen LogP contribution in [-0.2, 0) is 0 Å². The van der Waals surface area contributed by atoms with Crippen LogP contribution in [0.15, 0.2) is 67.0 Å². The number of nitrogens with one attached hydrogen (secondary N) is 2. The van der Waals surface area contributed by atoms with Crippen LogP contribution in [0.1, 0.15) is 26.7 Å². The number of thiazole rings is 2. The van der Waals surface area contributed by atoms with Crippen molar-refractivity contribution in [2.45, 2.75) is 34.6 Å². The summed E-state index contributed by atoms with van der Waals surface area (Å²) in [4.78, 5) is 39.3. The van der Waals surface area contributed by atoms with Gasteiger partial charge in [0.1, 0.15) is 27.2 Å². The van der Waals surface area contributed by atoms with Crippen LogP contribution in [0.25, 0.3) is 21.4 Å². The fraction of sp³-hybridized carbons (Fsp3) is 0.161. The summed E-state index contributed by atoms with van der Waals surface area (Å²) < 4.78 is 0. The minimum Gasteiger partial charge on any atom is -0.508 e. The van der Waals surface area contributed by atoms with Crippen LogP contribution in [0.5, 0.6) is 5.75 Å². The minimum absolute atomic E-state index is 0.0577. The molecule has 0 aliphatic carbocycles. The van der Waals surface area contributed by atoms with Crippen molar-refractivity contribution in [2.24, 2.45) is 0 Å². The Labute approximate surface area is 267 Å². The monoisotopic (exact) mass is 639 g/mol. The number of phenols is 1. The van der Waals surface area contributed by atoms with E-state index in [9.17, 15) is 15.2 Å². The number of aromatic hydroxyl groups is 1. The molecule has 0 amide bonds. The number of hydrogen-bond acceptors (Lipinski definition) is 13. The molecule has 14 heteroatoms. The summed E-state index contributed by atoms with van der Waals surface area (Å²) in [7, 11) is 0. The van der Waals surface area contributed by atoms with Crippen molar-refractivity contribution in [3.05, 3.63) is 104 Å². The van der Waals surface area contributed by atoms with Crippen molar-refractivity contribution >= 4 is 51.6 Å². The molecule has 0 spiro atoms. The van der Waals surface area contributed by atoms with E-state index >= 15 is 0 Å². The maximum absolute atomic E-state index is 11.0. The average molecular weight is 640 g/mol. The topological polar surface area (TPSA) is 165 Å². The largest absolute Gasteiger partial charge is 0.508 e. The highest BCUT2D eigenvalue weighted by atomic mass is 32.1. The molecule has 45 heavy (non-hydrogen) atoms. The Hall–Kier alpha value is -5.34. The number of nitro groups is 1. The molecule has 0 fully saturated rings. The molecule has 4 aromatic heterocycles. The zero-order valence-electron chi connectivity index (χ0n) is 25.1. The van der Waals surface area contributed by atoms with Crippen molar-refractivity contribution in [3.8, 4) is 27.2 Å². The highest BCUT2D eigenvalue weighted by molar-refractivity contribution is 7.15. The van der Waals surface area contributed by atoms with E-state index in [-0.39, 0.29) is 11.4 Å². The molecule has 2 aromatic carbocycles. The Balaban J connectivity index is 0.000000179. The summed E-state index contributed by atoms with van der Waals surface area (Å²) in [6, 6.07) is 15.3. The first-order chi connectivity index (χ1) is 21.5. The number of anilines is 4. The van der Waals surface area contributed by atoms with Crippen LogP contribution in [0.3, 0.4) is 0 Å². The first-order valence-corrected chi connectivity index (χ1v) is 15.3. The molecular weight excluding hydrogens is 611 g/mol. The SMILES string of the molecule is Cc1ccc(Nc2nccc(-c3nc(C)c(C)s3)n2)cc1[N+](=O)[O-].Cc1nc(-c2ccnc(Nc3ccc(O)cc3)n2)sc1C. The van der Waals surface area contributed by atoms with Crippen LogP contribution in [0.4, 0.5) is 29.0 Å². The Morgan fingerprint density at radius 1 is 0.689 bits per heavy atom. The van der Waals surface area contributed by atoms with E-state index in [2.05, 4.69) is 40.5 Å². The van der Waals surface area contributed by atoms with E-state index in [1.54, 1.807) is 84.5 Å². The molecule has 0 saturated heterocycles. The molecule has 12 nitrogen and oxygen atoms in total. The standard InChI is InChI=1S/C16H15N5O2S.C15H14N4OS/c1-9-4-5-12(8-14(9)21(22)23)19-16-17-7-6-13(20-16)15-18-10(2)11(3)24-15;1-9-10(2)21-14(17-9)13-7-8-16-15(19-13)18-11-3-5-12(20)6-4-11/h4-8H,1-3H3,(H,17,19,20);3-8,20H,1-2H3,(H,16,18,19). The second-order valence-corrected chi connectivity index (χ2v) is 12.3. The summed E-state index contributed by atoms with van der Waals surface area (Å²) >= 11 is 3.19. The third-order valence-corrected chi connectivity index (χ3v) is 8.78. The summed E-state index contributed by atoms with van der Waals surface area (Å²) in [6.07, 6.45) is 3.34. The van der Waals surface area contributed by atoms with E-state index in [1.807, 2.05) is 33.8 Å². The van der Waals surface area contributed by atoms with Gasteiger partial charge in [-0.25, -0.2) is 29.9 Å². The predicted molar refractivity (Wildman–Crippen MR) is 178 cm³/mol. The normalized spacial score (nSPS) is 10.6. The molecule has 3 N–H and O–H groups in total. The van der Waals surface area contributed by atoms with Crippen LogP contribution in [0, 0.1) is 44.7 Å². The fourth-order valence-electron chi connectivity index (χ4n) is 3.93. The Morgan fingerprint density at radius 3 is 1.64 bits per heavy atom. The second-order valence-electron chi connectivity index (χ2n) is 9.91. The van der Waals surface area contributed by atoms with Crippen molar-refractivity contribution in [1.82, 2.24) is 29.9 Å². The Morgan fingerprint density at radius 2 is 1.18 bits per heavy atom. The molecule has 228 valence electrons. The van der Waals surface area contributed by atoms with Crippen molar-refractivity contribution in [3.63, 3.8) is 0 Å². The van der Waals surface area contributed by atoms with Gasteiger partial charge in [-0.3, -0.25) is 10.1 Å². The average Bonchev–Trinajstić information content (AvgIpc) is 3.55. The molecule has 0 unspecified atom stereocenters. The zero-order valence-corrected chi connectivity index (χ0v) is 26.7. The van der Waals surface area contributed by atoms with Gasteiger partial charge in [0.15, 0.2) is 0 Å². The molecule has 6 rings (SSSR count). The summed E-state index contributed by atoms with van der Waals surface area (Å²) in [5.74, 6) is 1.10. The number of benzene rings is 2. The zero-order chi connectivity index (χ0) is 32.1. The fourth-order valence-corrected chi connectivity index (χ4v) is 5.70. The molecule has 0 saturated carbocycles. The maximum Gasteiger partial charge on any atom is 0.274 e. The first kappa shape index (κ1) is 31.1. The third-order valence-electron chi connectivity index (χ3n) is 6.59. The van der Waals surface area contributed by atoms with Gasteiger partial charge in [0.25, 0.3) is 5.69 Å². The number of aromatic nitrogens is 6. The van der Waals surface area contributed by atoms with Gasteiger partial charge in [-0.15, -0.1) is 22.7 Å². The molecule has 0 aliphatic heterocycles. The molecule has 0 aliphatic rings. The lowest BCUT2D eigenvalue weighted by molar-refractivity contribution is -0.385. The summed E-state index contributed by atoms with van der Waals surface area (Å²) in [5.41, 5.74) is 5.57. The van der Waals surface area contributed by atoms with E-state index in [4.69, 9.17) is 0 Å². The summed E-state index contributed by atoms with van der Waals surface area (Å²) in [6.45, 7) is 9.72. The van der Waals surface area contributed by atoms with E-state index < -0.39 is 4.92 Å². The van der Waals surface area contributed by atoms with Gasteiger partial charge in [0.05, 0.1) is 16.3 Å². The number of nitro benzene ring substituents is 1. The lowest BCUT2D eigenvalue weighted by Crippen LogP contribution is -1.99. The molecule has 0 radical (unpaired) electrons. The highest BCUT2D eigenvalue weighted by Gasteiger charge is 2.13. The van der Waals surface area contributed by atoms with E-state index in [0.29, 0.717) is 23.1 Å². The van der Waals surface area contributed by atoms with Gasteiger partial charge in [0, 0.05) is 45.2 Å². The number of rotatable bonds is 7. The van der Waals surface area contributed by atoms with E-state index in [0.717, 1.165) is 43.4 Å². The molecule has 6 aromatic rings. The van der Waals surface area contributed by atoms with Gasteiger partial charge in [-0.1, -0.05) is 6.07 Å². The lowest BCUT2D eigenvalue weighted by atomic mass is 10.2. The van der Waals surface area contributed by atoms with Crippen LogP contribution in [0.2, 0.25) is 0 Å². The third kappa shape index (κ3) is 7.79. The van der Waals surface area contributed by atoms with Crippen LogP contribution in [-0.4, -0.2) is 39.9 Å². The Kier molecular flexibility index (Phi) is 9.35. The van der Waals surface area contributed by atoms with Gasteiger partial charge in [-0.05, 0) is 77.1 Å². The summed E-state index contributed by atoms with van der Waals surface area (Å²) in [5, 5.41) is 28.1. The minimum atomic E-state index is -0.404. The Bertz CT molecular complexity index is 1940.